The SMILES string of the molecule is Cc1ccccc1CNC(=O)CN1Cc2ccccc2OC1c1ccc([N+](=O)[O-])cc1. The molecule has 0 bridgehead atoms. The van der Waals surface area contributed by atoms with Gasteiger partial charge in [0.25, 0.3) is 5.69 Å². The van der Waals surface area contributed by atoms with Crippen LogP contribution in [0.4, 0.5) is 5.69 Å². The molecule has 7 heteroatoms. The van der Waals surface area contributed by atoms with E-state index >= 15 is 0 Å². The third-order valence-corrected chi connectivity index (χ3v) is 5.39. The lowest BCUT2D eigenvalue weighted by Crippen LogP contribution is -2.42. The minimum absolute atomic E-state index is 0.0162. The lowest BCUT2D eigenvalue weighted by Gasteiger charge is -2.36. The van der Waals surface area contributed by atoms with E-state index < -0.39 is 11.2 Å². The molecule has 7 nitrogen and oxygen atoms in total. The second-order valence-electron chi connectivity index (χ2n) is 7.53. The van der Waals surface area contributed by atoms with Gasteiger partial charge >= 0.3 is 0 Å². The van der Waals surface area contributed by atoms with E-state index in [0.717, 1.165) is 28.0 Å². The summed E-state index contributed by atoms with van der Waals surface area (Å²) in [4.78, 5) is 25.2. The van der Waals surface area contributed by atoms with Gasteiger partial charge in [0, 0.05) is 36.3 Å². The Hall–Kier alpha value is -3.71. The first kappa shape index (κ1) is 20.6. The summed E-state index contributed by atoms with van der Waals surface area (Å²) in [7, 11) is 0. The van der Waals surface area contributed by atoms with E-state index in [4.69, 9.17) is 4.74 Å². The number of aryl methyl sites for hydroxylation is 1. The monoisotopic (exact) mass is 417 g/mol. The topological polar surface area (TPSA) is 84.7 Å². The molecule has 1 amide bonds. The van der Waals surface area contributed by atoms with Gasteiger partial charge in [-0.25, -0.2) is 0 Å². The number of para-hydroxylation sites is 1. The van der Waals surface area contributed by atoms with Gasteiger partial charge in [-0.15, -0.1) is 0 Å². The van der Waals surface area contributed by atoms with Crippen LogP contribution < -0.4 is 10.1 Å². The summed E-state index contributed by atoms with van der Waals surface area (Å²) in [5, 5.41) is 14.0. The van der Waals surface area contributed by atoms with Gasteiger partial charge in [-0.1, -0.05) is 42.5 Å². The van der Waals surface area contributed by atoms with Gasteiger partial charge in [0.1, 0.15) is 5.75 Å². The average Bonchev–Trinajstić information content (AvgIpc) is 2.78. The highest BCUT2D eigenvalue weighted by Crippen LogP contribution is 2.35. The van der Waals surface area contributed by atoms with Crippen LogP contribution in [0.15, 0.2) is 72.8 Å². The zero-order valence-corrected chi connectivity index (χ0v) is 17.2. The Balaban J connectivity index is 1.52. The van der Waals surface area contributed by atoms with E-state index in [0.29, 0.717) is 13.1 Å². The van der Waals surface area contributed by atoms with Crippen LogP contribution >= 0.6 is 0 Å². The number of benzene rings is 3. The molecule has 4 rings (SSSR count). The number of nitro groups is 1. The molecule has 0 saturated heterocycles. The lowest BCUT2D eigenvalue weighted by atomic mass is 10.1. The fourth-order valence-corrected chi connectivity index (χ4v) is 3.67. The quantitative estimate of drug-likeness (QED) is 0.482. The van der Waals surface area contributed by atoms with Gasteiger partial charge in [-0.3, -0.25) is 19.8 Å². The van der Waals surface area contributed by atoms with Crippen molar-refractivity contribution in [3.63, 3.8) is 0 Å². The maximum Gasteiger partial charge on any atom is 0.269 e. The fraction of sp³-hybridized carbons (Fsp3) is 0.208. The zero-order valence-electron chi connectivity index (χ0n) is 17.2. The molecule has 1 heterocycles. The number of carbonyl (C=O) groups excluding carboxylic acids is 1. The number of nitrogens with zero attached hydrogens (tertiary/aromatic N) is 2. The molecule has 1 atom stereocenters. The van der Waals surface area contributed by atoms with Gasteiger partial charge in [-0.2, -0.15) is 0 Å². The van der Waals surface area contributed by atoms with E-state index in [1.54, 1.807) is 12.1 Å². The van der Waals surface area contributed by atoms with Crippen molar-refractivity contribution in [2.24, 2.45) is 0 Å². The molecule has 1 N–H and O–H groups in total. The van der Waals surface area contributed by atoms with Gasteiger partial charge in [0.05, 0.1) is 11.5 Å². The summed E-state index contributed by atoms with van der Waals surface area (Å²) in [6.45, 7) is 3.15. The van der Waals surface area contributed by atoms with Crippen molar-refractivity contribution in [3.05, 3.63) is 105 Å². The number of amides is 1. The molecule has 0 radical (unpaired) electrons. The molecule has 0 aliphatic carbocycles. The number of hydrogen-bond acceptors (Lipinski definition) is 5. The summed E-state index contributed by atoms with van der Waals surface area (Å²) in [5.41, 5.74) is 3.96. The molecule has 1 aliphatic heterocycles. The second kappa shape index (κ2) is 8.97. The number of nitrogens with one attached hydrogen (secondary N) is 1. The average molecular weight is 417 g/mol. The van der Waals surface area contributed by atoms with Crippen LogP contribution in [0.25, 0.3) is 0 Å². The standard InChI is InChI=1S/C24H23N3O4/c1-17-6-2-3-7-19(17)14-25-23(28)16-26-15-20-8-4-5-9-22(20)31-24(26)18-10-12-21(13-11-18)27(29)30/h2-13,24H,14-16H2,1H3,(H,25,28). The molecule has 3 aromatic carbocycles. The number of carbonyl (C=O) groups is 1. The molecule has 1 aliphatic rings. The van der Waals surface area contributed by atoms with E-state index in [-0.39, 0.29) is 18.1 Å². The predicted octanol–water partition coefficient (Wildman–Crippen LogP) is 4.11. The van der Waals surface area contributed by atoms with Crippen LogP contribution in [-0.2, 0) is 17.9 Å². The number of rotatable bonds is 6. The largest absolute Gasteiger partial charge is 0.471 e. The second-order valence-corrected chi connectivity index (χ2v) is 7.53. The highest BCUT2D eigenvalue weighted by atomic mass is 16.6. The Morgan fingerprint density at radius 3 is 2.55 bits per heavy atom. The smallest absolute Gasteiger partial charge is 0.269 e. The summed E-state index contributed by atoms with van der Waals surface area (Å²) in [6.07, 6.45) is -0.514. The maximum absolute atomic E-state index is 12.7. The molecule has 0 fully saturated rings. The minimum atomic E-state index is -0.514. The van der Waals surface area contributed by atoms with E-state index in [1.807, 2.05) is 60.4 Å². The summed E-state index contributed by atoms with van der Waals surface area (Å²) < 4.78 is 6.19. The first-order valence-electron chi connectivity index (χ1n) is 10.1. The molecule has 1 unspecified atom stereocenters. The molecular formula is C24H23N3O4. The molecule has 158 valence electrons. The molecule has 3 aromatic rings. The molecule has 0 spiro atoms. The van der Waals surface area contributed by atoms with E-state index in [2.05, 4.69) is 5.32 Å². The Kier molecular flexibility index (Phi) is 5.95. The minimum Gasteiger partial charge on any atom is -0.471 e. The Bertz CT molecular complexity index is 1100. The van der Waals surface area contributed by atoms with Crippen molar-refractivity contribution in [2.45, 2.75) is 26.2 Å². The van der Waals surface area contributed by atoms with Crippen molar-refractivity contribution in [3.8, 4) is 5.75 Å². The lowest BCUT2D eigenvalue weighted by molar-refractivity contribution is -0.384. The van der Waals surface area contributed by atoms with Crippen LogP contribution in [0.5, 0.6) is 5.75 Å². The fourth-order valence-electron chi connectivity index (χ4n) is 3.67. The number of non-ortho nitro benzene ring substituents is 1. The number of nitro benzene ring substituents is 1. The van der Waals surface area contributed by atoms with Crippen LogP contribution in [0, 0.1) is 17.0 Å². The van der Waals surface area contributed by atoms with E-state index in [9.17, 15) is 14.9 Å². The van der Waals surface area contributed by atoms with Crippen LogP contribution in [0.3, 0.4) is 0 Å². The summed E-state index contributed by atoms with van der Waals surface area (Å²) >= 11 is 0. The van der Waals surface area contributed by atoms with Gasteiger partial charge in [0.15, 0.2) is 6.23 Å². The third-order valence-electron chi connectivity index (χ3n) is 5.39. The van der Waals surface area contributed by atoms with Crippen LogP contribution in [-0.4, -0.2) is 22.3 Å². The Labute approximate surface area is 180 Å². The van der Waals surface area contributed by atoms with Crippen molar-refractivity contribution < 1.29 is 14.5 Å². The number of ether oxygens (including phenoxy) is 1. The molecular weight excluding hydrogens is 394 g/mol. The highest BCUT2D eigenvalue weighted by molar-refractivity contribution is 5.78. The van der Waals surface area contributed by atoms with Crippen molar-refractivity contribution in [2.75, 3.05) is 6.54 Å². The first-order valence-corrected chi connectivity index (χ1v) is 10.1. The third kappa shape index (κ3) is 4.73. The molecule has 0 aromatic heterocycles. The van der Waals surface area contributed by atoms with Gasteiger partial charge in [0.2, 0.25) is 5.91 Å². The summed E-state index contributed by atoms with van der Waals surface area (Å²) in [6, 6.07) is 21.9. The highest BCUT2D eigenvalue weighted by Gasteiger charge is 2.30. The van der Waals surface area contributed by atoms with Crippen LogP contribution in [0.2, 0.25) is 0 Å². The predicted molar refractivity (Wildman–Crippen MR) is 116 cm³/mol. The normalized spacial score (nSPS) is 15.6. The zero-order chi connectivity index (χ0) is 21.8. The van der Waals surface area contributed by atoms with Crippen LogP contribution in [0.1, 0.15) is 28.5 Å². The maximum atomic E-state index is 12.7. The van der Waals surface area contributed by atoms with Gasteiger partial charge in [-0.05, 0) is 36.2 Å². The van der Waals surface area contributed by atoms with Gasteiger partial charge < -0.3 is 10.1 Å². The van der Waals surface area contributed by atoms with Crippen molar-refractivity contribution >= 4 is 11.6 Å². The number of fused-ring (bicyclic) bond motifs is 1. The summed E-state index contributed by atoms with van der Waals surface area (Å²) in [5.74, 6) is 0.639. The van der Waals surface area contributed by atoms with Crippen molar-refractivity contribution in [1.29, 1.82) is 0 Å². The van der Waals surface area contributed by atoms with E-state index in [1.165, 1.54) is 12.1 Å². The Morgan fingerprint density at radius 2 is 1.81 bits per heavy atom. The van der Waals surface area contributed by atoms with Crippen molar-refractivity contribution in [1.82, 2.24) is 10.2 Å². The molecule has 31 heavy (non-hydrogen) atoms. The number of hydrogen-bond donors (Lipinski definition) is 1. The Morgan fingerprint density at radius 1 is 1.10 bits per heavy atom. The first-order chi connectivity index (χ1) is 15.0. The molecule has 0 saturated carbocycles.